The second kappa shape index (κ2) is 8.94. The Labute approximate surface area is 188 Å². The normalized spacial score (nSPS) is 25.6. The van der Waals surface area contributed by atoms with E-state index in [9.17, 15) is 27.1 Å². The Morgan fingerprint density at radius 2 is 1.76 bits per heavy atom. The fourth-order valence-corrected chi connectivity index (χ4v) is 4.68. The quantitative estimate of drug-likeness (QED) is 0.582. The number of alkyl halides is 3. The predicted octanol–water partition coefficient (Wildman–Crippen LogP) is 5.29. The van der Waals surface area contributed by atoms with Gasteiger partial charge in [0.1, 0.15) is 11.6 Å². The molecule has 0 radical (unpaired) electrons. The van der Waals surface area contributed by atoms with Crippen molar-refractivity contribution in [3.63, 3.8) is 0 Å². The lowest BCUT2D eigenvalue weighted by molar-refractivity contribution is -0.459. The Balaban J connectivity index is 1.34. The summed E-state index contributed by atoms with van der Waals surface area (Å²) in [7, 11) is 0. The summed E-state index contributed by atoms with van der Waals surface area (Å²) in [5.74, 6) is -2.67. The summed E-state index contributed by atoms with van der Waals surface area (Å²) in [5, 5.41) is 11.0. The van der Waals surface area contributed by atoms with Gasteiger partial charge in [0.15, 0.2) is 6.29 Å². The fraction of sp³-hybridized carbons (Fsp3) is 0.500. The third kappa shape index (κ3) is 5.06. The highest BCUT2D eigenvalue weighted by Crippen LogP contribution is 2.44. The molecular formula is C24H26F5NO3. The van der Waals surface area contributed by atoms with Crippen molar-refractivity contribution >= 4 is 0 Å². The van der Waals surface area contributed by atoms with Crippen LogP contribution < -0.4 is 0 Å². The van der Waals surface area contributed by atoms with Crippen LogP contribution in [-0.2, 0) is 27.0 Å². The predicted molar refractivity (Wildman–Crippen MR) is 110 cm³/mol. The molecule has 0 spiro atoms. The van der Waals surface area contributed by atoms with Crippen LogP contribution in [0.15, 0.2) is 42.5 Å². The van der Waals surface area contributed by atoms with Crippen LogP contribution in [0.25, 0.3) is 0 Å². The lowest BCUT2D eigenvalue weighted by Gasteiger charge is -2.47. The van der Waals surface area contributed by atoms with Crippen LogP contribution in [0.3, 0.4) is 0 Å². The van der Waals surface area contributed by atoms with E-state index in [1.807, 2.05) is 0 Å². The lowest BCUT2D eigenvalue weighted by atomic mass is 9.83. The molecule has 9 heteroatoms. The average molecular weight is 471 g/mol. The summed E-state index contributed by atoms with van der Waals surface area (Å²) in [6.07, 6.45) is -3.41. The van der Waals surface area contributed by atoms with Crippen LogP contribution in [0.5, 0.6) is 0 Å². The molecular weight excluding hydrogens is 445 g/mol. The SMILES string of the molecule is CC1OC(CCCN2CCC(O)(c3cccc(C(F)(F)F)c3)CC2)(c2ccc(F)cc2F)O1. The van der Waals surface area contributed by atoms with E-state index in [-0.39, 0.29) is 11.1 Å². The molecule has 0 bridgehead atoms. The first kappa shape index (κ1) is 24.1. The molecule has 0 aromatic heterocycles. The van der Waals surface area contributed by atoms with Gasteiger partial charge in [-0.1, -0.05) is 12.1 Å². The minimum atomic E-state index is -4.46. The van der Waals surface area contributed by atoms with Gasteiger partial charge in [0, 0.05) is 31.1 Å². The summed E-state index contributed by atoms with van der Waals surface area (Å²) in [4.78, 5) is 2.10. The van der Waals surface area contributed by atoms with E-state index >= 15 is 0 Å². The smallest absolute Gasteiger partial charge is 0.385 e. The molecule has 4 nitrogen and oxygen atoms in total. The van der Waals surface area contributed by atoms with E-state index in [4.69, 9.17) is 9.47 Å². The zero-order valence-corrected chi connectivity index (χ0v) is 18.2. The van der Waals surface area contributed by atoms with Gasteiger partial charge in [-0.05, 0) is 62.6 Å². The number of aliphatic hydroxyl groups is 1. The van der Waals surface area contributed by atoms with Crippen LogP contribution in [0.4, 0.5) is 22.0 Å². The third-order valence-electron chi connectivity index (χ3n) is 6.44. The number of benzene rings is 2. The molecule has 180 valence electrons. The lowest BCUT2D eigenvalue weighted by Crippen LogP contribution is -2.50. The zero-order chi connectivity index (χ0) is 23.9. The summed E-state index contributed by atoms with van der Waals surface area (Å²) < 4.78 is 78.1. The maximum atomic E-state index is 14.3. The van der Waals surface area contributed by atoms with E-state index < -0.39 is 41.1 Å². The maximum Gasteiger partial charge on any atom is 0.416 e. The molecule has 0 unspecified atom stereocenters. The van der Waals surface area contributed by atoms with Gasteiger partial charge in [-0.25, -0.2) is 8.78 Å². The Morgan fingerprint density at radius 1 is 1.06 bits per heavy atom. The molecule has 2 aromatic carbocycles. The number of ether oxygens (including phenoxy) is 2. The van der Waals surface area contributed by atoms with Crippen molar-refractivity contribution in [2.45, 2.75) is 56.5 Å². The molecule has 2 aromatic rings. The van der Waals surface area contributed by atoms with Gasteiger partial charge < -0.3 is 19.5 Å². The van der Waals surface area contributed by atoms with Gasteiger partial charge in [0.25, 0.3) is 0 Å². The molecule has 0 amide bonds. The molecule has 2 aliphatic rings. The highest BCUT2D eigenvalue weighted by atomic mass is 19.4. The Kier molecular flexibility index (Phi) is 6.52. The maximum absolute atomic E-state index is 14.3. The van der Waals surface area contributed by atoms with Crippen LogP contribution in [0, 0.1) is 11.6 Å². The Morgan fingerprint density at radius 3 is 2.36 bits per heavy atom. The van der Waals surface area contributed by atoms with Crippen LogP contribution in [0.1, 0.15) is 49.3 Å². The highest BCUT2D eigenvalue weighted by molar-refractivity contribution is 5.30. The highest BCUT2D eigenvalue weighted by Gasteiger charge is 2.48. The van der Waals surface area contributed by atoms with Gasteiger partial charge >= 0.3 is 6.18 Å². The monoisotopic (exact) mass is 471 g/mol. The van der Waals surface area contributed by atoms with Crippen molar-refractivity contribution < 1.29 is 36.5 Å². The number of halogens is 5. The van der Waals surface area contributed by atoms with Crippen molar-refractivity contribution in [3.8, 4) is 0 Å². The van der Waals surface area contributed by atoms with E-state index in [1.54, 1.807) is 6.92 Å². The summed E-state index contributed by atoms with van der Waals surface area (Å²) in [6, 6.07) is 8.14. The Hall–Kier alpha value is -2.07. The van der Waals surface area contributed by atoms with Gasteiger partial charge in [-0.15, -0.1) is 0 Å². The second-order valence-corrected chi connectivity index (χ2v) is 8.74. The first-order valence-electron chi connectivity index (χ1n) is 10.9. The van der Waals surface area contributed by atoms with Crippen LogP contribution in [-0.4, -0.2) is 35.9 Å². The topological polar surface area (TPSA) is 41.9 Å². The van der Waals surface area contributed by atoms with Crippen molar-refractivity contribution in [2.75, 3.05) is 19.6 Å². The summed E-state index contributed by atoms with van der Waals surface area (Å²) in [5.41, 5.74) is -1.66. The molecule has 0 atom stereocenters. The molecule has 4 rings (SSSR count). The minimum Gasteiger partial charge on any atom is -0.385 e. The van der Waals surface area contributed by atoms with Crippen molar-refractivity contribution in [1.82, 2.24) is 4.90 Å². The van der Waals surface area contributed by atoms with Gasteiger partial charge in [0.05, 0.1) is 11.2 Å². The fourth-order valence-electron chi connectivity index (χ4n) is 4.68. The summed E-state index contributed by atoms with van der Waals surface area (Å²) >= 11 is 0. The number of piperidine rings is 1. The number of likely N-dealkylation sites (tertiary alicyclic amines) is 1. The second-order valence-electron chi connectivity index (χ2n) is 8.74. The van der Waals surface area contributed by atoms with E-state index in [1.165, 1.54) is 18.2 Å². The van der Waals surface area contributed by atoms with Crippen LogP contribution in [0.2, 0.25) is 0 Å². The molecule has 2 saturated heterocycles. The van der Waals surface area contributed by atoms with Crippen molar-refractivity contribution in [2.24, 2.45) is 0 Å². The molecule has 2 fully saturated rings. The van der Waals surface area contributed by atoms with Gasteiger partial charge in [-0.3, -0.25) is 0 Å². The van der Waals surface area contributed by atoms with E-state index in [0.29, 0.717) is 45.3 Å². The van der Waals surface area contributed by atoms with E-state index in [0.717, 1.165) is 24.3 Å². The summed E-state index contributed by atoms with van der Waals surface area (Å²) in [6.45, 7) is 3.31. The van der Waals surface area contributed by atoms with Crippen molar-refractivity contribution in [1.29, 1.82) is 0 Å². The molecule has 0 saturated carbocycles. The largest absolute Gasteiger partial charge is 0.416 e. The van der Waals surface area contributed by atoms with Crippen molar-refractivity contribution in [3.05, 3.63) is 70.8 Å². The molecule has 2 heterocycles. The minimum absolute atomic E-state index is 0.152. The zero-order valence-electron chi connectivity index (χ0n) is 18.2. The number of rotatable bonds is 6. The van der Waals surface area contributed by atoms with Gasteiger partial charge in [0.2, 0.25) is 5.79 Å². The third-order valence-corrected chi connectivity index (χ3v) is 6.44. The molecule has 1 N–H and O–H groups in total. The molecule has 33 heavy (non-hydrogen) atoms. The standard InChI is InChI=1S/C24H26F5NO3/c1-16-32-23(33-16,20-7-6-19(25)15-21(20)26)8-3-11-30-12-9-22(31,10-13-30)17-4-2-5-18(14-17)24(27,28)29/h2,4-7,14-16,31H,3,8-13H2,1H3. The molecule has 2 aliphatic heterocycles. The van der Waals surface area contributed by atoms with E-state index in [2.05, 4.69) is 4.90 Å². The van der Waals surface area contributed by atoms with Gasteiger partial charge in [-0.2, -0.15) is 13.2 Å². The first-order chi connectivity index (χ1) is 15.5. The number of hydrogen-bond donors (Lipinski definition) is 1. The Bertz CT molecular complexity index is 982. The number of nitrogens with zero attached hydrogens (tertiary/aromatic N) is 1. The van der Waals surface area contributed by atoms with Crippen LogP contribution >= 0.6 is 0 Å². The average Bonchev–Trinajstić information content (AvgIpc) is 2.73. The molecule has 0 aliphatic carbocycles. The first-order valence-corrected chi connectivity index (χ1v) is 10.9. The number of hydrogen-bond acceptors (Lipinski definition) is 4.